The van der Waals surface area contributed by atoms with Gasteiger partial charge in [0.2, 0.25) is 0 Å². The molecule has 2 unspecified atom stereocenters. The summed E-state index contributed by atoms with van der Waals surface area (Å²) in [6, 6.07) is 0. The number of hydrogen-bond acceptors (Lipinski definition) is 1. The molecule has 0 aromatic rings. The van der Waals surface area contributed by atoms with Crippen molar-refractivity contribution >= 4 is 35.0 Å². The Morgan fingerprint density at radius 1 is 0.485 bits per heavy atom. The van der Waals surface area contributed by atoms with Crippen LogP contribution in [0.25, 0.3) is 0 Å². The van der Waals surface area contributed by atoms with E-state index in [1.54, 1.807) is 0 Å². The van der Waals surface area contributed by atoms with Crippen LogP contribution in [0.2, 0.25) is 0 Å². The first-order valence-corrected chi connectivity index (χ1v) is 12.7. The molecule has 0 saturated heterocycles. The third-order valence-electron chi connectivity index (χ3n) is 5.09. The summed E-state index contributed by atoms with van der Waals surface area (Å²) in [5.41, 5.74) is 0. The van der Waals surface area contributed by atoms with Gasteiger partial charge in [-0.05, 0) is 38.5 Å². The van der Waals surface area contributed by atoms with Crippen LogP contribution in [0.3, 0.4) is 0 Å². The molecule has 0 fully saturated rings. The minimum atomic E-state index is -5.71. The molecule has 0 aliphatic heterocycles. The lowest BCUT2D eigenvalue weighted by Crippen LogP contribution is -2.37. The summed E-state index contributed by atoms with van der Waals surface area (Å²) in [6.07, 6.45) is -11.6. The van der Waals surface area contributed by atoms with Crippen molar-refractivity contribution in [1.82, 2.24) is 0 Å². The number of halogens is 12. The third-order valence-corrected chi connectivity index (χ3v) is 7.34. The van der Waals surface area contributed by atoms with Crippen molar-refractivity contribution < 1.29 is 43.9 Å². The van der Waals surface area contributed by atoms with Gasteiger partial charge in [-0.2, -0.15) is 55.7 Å². The van der Waals surface area contributed by atoms with Gasteiger partial charge in [-0.1, -0.05) is 25.7 Å². The van der Waals surface area contributed by atoms with E-state index in [9.17, 15) is 43.9 Å². The lowest BCUT2D eigenvalue weighted by molar-refractivity contribution is -0.284. The second-order valence-electron chi connectivity index (χ2n) is 7.94. The molecule has 0 radical (unpaired) electrons. The highest BCUT2D eigenvalue weighted by Crippen LogP contribution is 2.43. The molecule has 0 aliphatic carbocycles. The van der Waals surface area contributed by atoms with E-state index in [1.165, 1.54) is 0 Å². The minimum absolute atomic E-state index is 0.239. The lowest BCUT2D eigenvalue weighted by Gasteiger charge is -2.27. The van der Waals surface area contributed by atoms with Crippen molar-refractivity contribution in [3.63, 3.8) is 0 Å². The minimum Gasteiger partial charge on any atom is -0.196 e. The molecule has 0 spiro atoms. The summed E-state index contributed by atoms with van der Waals surface area (Å²) < 4.78 is 129. The Bertz CT molecular complexity index is 468. The first-order valence-electron chi connectivity index (χ1n) is 10.7. The van der Waals surface area contributed by atoms with Gasteiger partial charge in [0.1, 0.15) is 0 Å². The molecular weight excluding hydrogens is 533 g/mol. The Kier molecular flexibility index (Phi) is 15.5. The number of hydrogen-bond donors (Lipinski definition) is 0. The fourth-order valence-corrected chi connectivity index (χ4v) is 5.12. The molecule has 0 saturated carbocycles. The molecule has 0 aromatic carbocycles. The maximum Gasteiger partial charge on any atom is 0.453 e. The molecule has 200 valence electrons. The zero-order valence-electron chi connectivity index (χ0n) is 18.0. The van der Waals surface area contributed by atoms with Crippen molar-refractivity contribution in [1.29, 1.82) is 0 Å². The van der Waals surface area contributed by atoms with Crippen LogP contribution in [0.1, 0.15) is 77.0 Å². The van der Waals surface area contributed by atoms with Crippen molar-refractivity contribution in [3.05, 3.63) is 0 Å². The average Bonchev–Trinajstić information content (AvgIpc) is 2.68. The molecule has 0 bridgehead atoms. The molecule has 0 heterocycles. The van der Waals surface area contributed by atoms with Gasteiger partial charge < -0.3 is 0 Å². The molecule has 0 aromatic heterocycles. The van der Waals surface area contributed by atoms with Gasteiger partial charge >= 0.3 is 24.2 Å². The largest absolute Gasteiger partial charge is 0.453 e. The Morgan fingerprint density at radius 2 is 0.818 bits per heavy atom. The Hall–Kier alpha value is 0.230. The smallest absolute Gasteiger partial charge is 0.196 e. The number of thioether (sulfide) groups is 1. The third kappa shape index (κ3) is 13.8. The van der Waals surface area contributed by atoms with Gasteiger partial charge in [0.25, 0.3) is 0 Å². The zero-order chi connectivity index (χ0) is 25.8. The van der Waals surface area contributed by atoms with Crippen LogP contribution in [0.5, 0.6) is 0 Å². The Labute approximate surface area is 202 Å². The van der Waals surface area contributed by atoms with Crippen molar-refractivity contribution in [2.75, 3.05) is 11.8 Å². The van der Waals surface area contributed by atoms with E-state index < -0.39 is 60.4 Å². The number of unbranched alkanes of at least 4 members (excludes halogenated alkanes) is 4. The number of alkyl halides is 12. The molecule has 0 N–H and O–H groups in total. The quantitative estimate of drug-likeness (QED) is 0.0909. The monoisotopic (exact) mass is 562 g/mol. The van der Waals surface area contributed by atoms with Crippen LogP contribution in [-0.4, -0.2) is 46.5 Å². The fraction of sp³-hybridized carbons (Fsp3) is 1.00. The van der Waals surface area contributed by atoms with Crippen LogP contribution in [0.15, 0.2) is 0 Å². The molecule has 0 aliphatic rings. The summed E-state index contributed by atoms with van der Waals surface area (Å²) >= 11 is 12.1. The van der Waals surface area contributed by atoms with E-state index in [1.807, 2.05) is 0 Å². The molecule has 0 nitrogen and oxygen atoms in total. The summed E-state index contributed by atoms with van der Waals surface area (Å²) in [5.74, 6) is -9.11. The van der Waals surface area contributed by atoms with Crippen molar-refractivity contribution in [2.24, 2.45) is 0 Å². The van der Waals surface area contributed by atoms with E-state index >= 15 is 0 Å². The van der Waals surface area contributed by atoms with Gasteiger partial charge in [0, 0.05) is 35.1 Å². The van der Waals surface area contributed by atoms with Crippen LogP contribution in [-0.2, 0) is 0 Å². The van der Waals surface area contributed by atoms with E-state index in [0.717, 1.165) is 11.8 Å². The highest BCUT2D eigenvalue weighted by Gasteiger charge is 2.57. The number of rotatable bonds is 18. The second-order valence-corrected chi connectivity index (χ2v) is 10.3. The van der Waals surface area contributed by atoms with Gasteiger partial charge in [-0.3, -0.25) is 0 Å². The normalized spacial score (nSPS) is 15.6. The lowest BCUT2D eigenvalue weighted by atomic mass is 10.0. The second kappa shape index (κ2) is 15.4. The van der Waals surface area contributed by atoms with Crippen LogP contribution in [0.4, 0.5) is 43.9 Å². The SMILES string of the molecule is FC(F)(F)C(F)(F)CCC(CCCCCCl)SC(CCCCCCl)CCC(F)(F)C(F)(F)F. The van der Waals surface area contributed by atoms with E-state index in [2.05, 4.69) is 0 Å². The van der Waals surface area contributed by atoms with Crippen LogP contribution < -0.4 is 0 Å². The van der Waals surface area contributed by atoms with E-state index in [-0.39, 0.29) is 12.8 Å². The van der Waals surface area contributed by atoms with E-state index in [4.69, 9.17) is 23.2 Å². The molecule has 0 rings (SSSR count). The highest BCUT2D eigenvalue weighted by atomic mass is 35.5. The molecule has 0 amide bonds. The van der Waals surface area contributed by atoms with Crippen molar-refractivity contribution in [2.45, 2.75) is 112 Å². The van der Waals surface area contributed by atoms with E-state index in [0.29, 0.717) is 50.3 Å². The Balaban J connectivity index is 5.27. The Morgan fingerprint density at radius 3 is 1.09 bits per heavy atom. The molecule has 13 heteroatoms. The molecular formula is C20H30Cl2F10S. The van der Waals surface area contributed by atoms with Crippen LogP contribution in [0, 0.1) is 0 Å². The zero-order valence-corrected chi connectivity index (χ0v) is 20.3. The van der Waals surface area contributed by atoms with Crippen LogP contribution >= 0.6 is 35.0 Å². The summed E-state index contributed by atoms with van der Waals surface area (Å²) in [4.78, 5) is 0. The fourth-order valence-electron chi connectivity index (χ4n) is 3.09. The predicted molar refractivity (Wildman–Crippen MR) is 114 cm³/mol. The average molecular weight is 563 g/mol. The standard InChI is InChI=1S/C20H30Cl2F10S/c21-13-5-1-3-7-15(9-11-17(23,24)19(27,28)29)33-16(8-4-2-6-14-22)10-12-18(25,26)20(30,31)32/h15-16H,1-14H2. The highest BCUT2D eigenvalue weighted by molar-refractivity contribution is 8.00. The summed E-state index contributed by atoms with van der Waals surface area (Å²) in [5, 5.41) is -1.46. The van der Waals surface area contributed by atoms with Gasteiger partial charge in [-0.25, -0.2) is 0 Å². The maximum atomic E-state index is 13.4. The van der Waals surface area contributed by atoms with Gasteiger partial charge in [0.15, 0.2) is 0 Å². The summed E-state index contributed by atoms with van der Waals surface area (Å²) in [6.45, 7) is 0. The predicted octanol–water partition coefficient (Wildman–Crippen LogP) is 10.0. The first-order chi connectivity index (χ1) is 15.1. The van der Waals surface area contributed by atoms with Gasteiger partial charge in [0.05, 0.1) is 0 Å². The van der Waals surface area contributed by atoms with Gasteiger partial charge in [-0.15, -0.1) is 23.2 Å². The van der Waals surface area contributed by atoms with Crippen molar-refractivity contribution in [3.8, 4) is 0 Å². The maximum absolute atomic E-state index is 13.4. The first kappa shape index (κ1) is 33.2. The topological polar surface area (TPSA) is 0 Å². The molecule has 2 atom stereocenters. The molecule has 33 heavy (non-hydrogen) atoms. The summed E-state index contributed by atoms with van der Waals surface area (Å²) in [7, 11) is 0.